The van der Waals surface area contributed by atoms with E-state index in [1.54, 1.807) is 43.6 Å². The molecule has 0 fully saturated rings. The summed E-state index contributed by atoms with van der Waals surface area (Å²) in [7, 11) is 1.58. The van der Waals surface area contributed by atoms with Gasteiger partial charge in [0.1, 0.15) is 16.6 Å². The minimum atomic E-state index is 0.275. The van der Waals surface area contributed by atoms with Crippen LogP contribution in [-0.4, -0.2) is 17.1 Å². The molecule has 1 aromatic heterocycles. The fourth-order valence-corrected chi connectivity index (χ4v) is 1.95. The van der Waals surface area contributed by atoms with Gasteiger partial charge in [-0.2, -0.15) is 0 Å². The average molecular weight is 294 g/mol. The van der Waals surface area contributed by atoms with Gasteiger partial charge in [-0.05, 0) is 30.3 Å². The van der Waals surface area contributed by atoms with Gasteiger partial charge in [0.15, 0.2) is 0 Å². The first-order chi connectivity index (χ1) is 9.11. The maximum absolute atomic E-state index is 5.98. The summed E-state index contributed by atoms with van der Waals surface area (Å²) < 4.78 is 5.26. The Hall–Kier alpha value is -1.85. The highest BCUT2D eigenvalue weighted by molar-refractivity contribution is 7.80. The number of halogens is 1. The molecule has 2 aromatic rings. The van der Waals surface area contributed by atoms with Gasteiger partial charge in [-0.25, -0.2) is 4.98 Å². The number of nitrogens with zero attached hydrogens (tertiary/aromatic N) is 1. The lowest BCUT2D eigenvalue weighted by atomic mass is 10.2. The Morgan fingerprint density at radius 2 is 2.21 bits per heavy atom. The number of hydrogen-bond acceptors (Lipinski definition) is 4. The summed E-state index contributed by atoms with van der Waals surface area (Å²) in [6.45, 7) is 0. The monoisotopic (exact) mass is 293 g/mol. The third kappa shape index (κ3) is 3.13. The maximum Gasteiger partial charge on any atom is 0.142 e. The van der Waals surface area contributed by atoms with E-state index in [0.717, 1.165) is 0 Å². The van der Waals surface area contributed by atoms with Gasteiger partial charge in [0.25, 0.3) is 0 Å². The Morgan fingerprint density at radius 3 is 2.89 bits per heavy atom. The molecule has 0 saturated carbocycles. The molecule has 0 aliphatic heterocycles. The molecule has 1 aromatic carbocycles. The lowest BCUT2D eigenvalue weighted by Crippen LogP contribution is -2.12. The number of hydrogen-bond donors (Lipinski definition) is 2. The van der Waals surface area contributed by atoms with E-state index in [0.29, 0.717) is 27.8 Å². The second-order valence-corrected chi connectivity index (χ2v) is 4.61. The predicted octanol–water partition coefficient (Wildman–Crippen LogP) is 3.12. The molecule has 0 bridgehead atoms. The number of benzene rings is 1. The highest BCUT2D eigenvalue weighted by Gasteiger charge is 2.09. The molecule has 0 saturated heterocycles. The molecule has 0 aliphatic carbocycles. The highest BCUT2D eigenvalue weighted by Crippen LogP contribution is 2.30. The van der Waals surface area contributed by atoms with E-state index in [2.05, 4.69) is 10.3 Å². The summed E-state index contributed by atoms with van der Waals surface area (Å²) in [4.78, 5) is 4.50. The maximum atomic E-state index is 5.98. The van der Waals surface area contributed by atoms with E-state index in [9.17, 15) is 0 Å². The second kappa shape index (κ2) is 5.86. The van der Waals surface area contributed by atoms with Crippen LogP contribution in [0.15, 0.2) is 36.5 Å². The highest BCUT2D eigenvalue weighted by atomic mass is 35.5. The van der Waals surface area contributed by atoms with Crippen LogP contribution in [-0.2, 0) is 0 Å². The number of rotatable bonds is 4. The standard InChI is InChI=1S/C13H12ClN3OS/c1-18-11-5-4-8(14)7-10(11)17-13-9(12(15)19)3-2-6-16-13/h2-7H,1H3,(H2,15,19)(H,16,17). The van der Waals surface area contributed by atoms with Crippen LogP contribution in [0.5, 0.6) is 5.75 Å². The summed E-state index contributed by atoms with van der Waals surface area (Å²) in [6.07, 6.45) is 1.65. The Morgan fingerprint density at radius 1 is 1.42 bits per heavy atom. The van der Waals surface area contributed by atoms with Gasteiger partial charge < -0.3 is 15.8 Å². The molecule has 0 amide bonds. The van der Waals surface area contributed by atoms with E-state index in [4.69, 9.17) is 34.3 Å². The molecule has 0 unspecified atom stereocenters. The molecule has 1 heterocycles. The van der Waals surface area contributed by atoms with E-state index in [1.807, 2.05) is 0 Å². The number of nitrogens with two attached hydrogens (primary N) is 1. The number of aromatic nitrogens is 1. The van der Waals surface area contributed by atoms with Gasteiger partial charge >= 0.3 is 0 Å². The van der Waals surface area contributed by atoms with Crippen molar-refractivity contribution in [3.63, 3.8) is 0 Å². The zero-order valence-electron chi connectivity index (χ0n) is 10.2. The van der Waals surface area contributed by atoms with Crippen LogP contribution in [0.4, 0.5) is 11.5 Å². The average Bonchev–Trinajstić information content (AvgIpc) is 2.39. The van der Waals surface area contributed by atoms with Crippen molar-refractivity contribution in [2.75, 3.05) is 12.4 Å². The van der Waals surface area contributed by atoms with Crippen molar-refractivity contribution in [2.45, 2.75) is 0 Å². The van der Waals surface area contributed by atoms with Crippen molar-refractivity contribution in [2.24, 2.45) is 5.73 Å². The van der Waals surface area contributed by atoms with Crippen molar-refractivity contribution in [1.82, 2.24) is 4.98 Å². The molecule has 4 nitrogen and oxygen atoms in total. The summed E-state index contributed by atoms with van der Waals surface area (Å²) in [5.41, 5.74) is 7.03. The normalized spacial score (nSPS) is 10.0. The number of methoxy groups -OCH3 is 1. The molecule has 0 atom stereocenters. The van der Waals surface area contributed by atoms with Gasteiger partial charge in [-0.1, -0.05) is 23.8 Å². The minimum absolute atomic E-state index is 0.275. The van der Waals surface area contributed by atoms with E-state index in [-0.39, 0.29) is 4.99 Å². The number of thiocarbonyl (C=S) groups is 1. The predicted molar refractivity (Wildman–Crippen MR) is 81.4 cm³/mol. The van der Waals surface area contributed by atoms with Crippen molar-refractivity contribution >= 4 is 40.3 Å². The third-order valence-electron chi connectivity index (χ3n) is 2.49. The smallest absolute Gasteiger partial charge is 0.142 e. The Bertz CT molecular complexity index is 619. The Labute approximate surface area is 121 Å². The molecule has 19 heavy (non-hydrogen) atoms. The molecule has 0 aliphatic rings. The number of nitrogens with one attached hydrogen (secondary N) is 1. The summed E-state index contributed by atoms with van der Waals surface area (Å²) in [5.74, 6) is 1.22. The second-order valence-electron chi connectivity index (χ2n) is 3.73. The molecule has 98 valence electrons. The van der Waals surface area contributed by atoms with Gasteiger partial charge in [0, 0.05) is 11.2 Å². The number of anilines is 2. The molecular formula is C13H12ClN3OS. The van der Waals surface area contributed by atoms with Crippen molar-refractivity contribution in [3.05, 3.63) is 47.1 Å². The molecule has 2 rings (SSSR count). The first-order valence-corrected chi connectivity index (χ1v) is 6.26. The van der Waals surface area contributed by atoms with Gasteiger partial charge in [0.2, 0.25) is 0 Å². The van der Waals surface area contributed by atoms with Crippen LogP contribution in [0.1, 0.15) is 5.56 Å². The fourth-order valence-electron chi connectivity index (χ4n) is 1.61. The van der Waals surface area contributed by atoms with Gasteiger partial charge in [-0.3, -0.25) is 0 Å². The first kappa shape index (κ1) is 13.6. The van der Waals surface area contributed by atoms with Crippen LogP contribution in [0.2, 0.25) is 5.02 Å². The van der Waals surface area contributed by atoms with Gasteiger partial charge in [0.05, 0.1) is 18.4 Å². The summed E-state index contributed by atoms with van der Waals surface area (Å²) in [6, 6.07) is 8.84. The Balaban J connectivity index is 2.41. The zero-order chi connectivity index (χ0) is 13.8. The Kier molecular flexibility index (Phi) is 4.19. The van der Waals surface area contributed by atoms with E-state index >= 15 is 0 Å². The third-order valence-corrected chi connectivity index (χ3v) is 2.94. The number of ether oxygens (including phenoxy) is 1. The van der Waals surface area contributed by atoms with Crippen LogP contribution in [0, 0.1) is 0 Å². The quantitative estimate of drug-likeness (QED) is 0.848. The fraction of sp³-hybridized carbons (Fsp3) is 0.0769. The molecule has 3 N–H and O–H groups in total. The minimum Gasteiger partial charge on any atom is -0.495 e. The molecular weight excluding hydrogens is 282 g/mol. The van der Waals surface area contributed by atoms with Crippen LogP contribution in [0.25, 0.3) is 0 Å². The first-order valence-electron chi connectivity index (χ1n) is 5.47. The van der Waals surface area contributed by atoms with Crippen LogP contribution >= 0.6 is 23.8 Å². The summed E-state index contributed by atoms with van der Waals surface area (Å²) >= 11 is 11.0. The van der Waals surface area contributed by atoms with E-state index < -0.39 is 0 Å². The molecule has 0 radical (unpaired) electrons. The van der Waals surface area contributed by atoms with E-state index in [1.165, 1.54) is 0 Å². The lowest BCUT2D eigenvalue weighted by molar-refractivity contribution is 0.417. The topological polar surface area (TPSA) is 60.2 Å². The van der Waals surface area contributed by atoms with Gasteiger partial charge in [-0.15, -0.1) is 0 Å². The zero-order valence-corrected chi connectivity index (χ0v) is 11.8. The summed E-state index contributed by atoms with van der Waals surface area (Å²) in [5, 5.41) is 3.72. The van der Waals surface area contributed by atoms with Crippen molar-refractivity contribution in [3.8, 4) is 5.75 Å². The van der Waals surface area contributed by atoms with Crippen molar-refractivity contribution < 1.29 is 4.74 Å². The van der Waals surface area contributed by atoms with Crippen LogP contribution < -0.4 is 15.8 Å². The molecule has 6 heteroatoms. The molecule has 0 spiro atoms. The number of pyridine rings is 1. The lowest BCUT2D eigenvalue weighted by Gasteiger charge is -2.13. The van der Waals surface area contributed by atoms with Crippen molar-refractivity contribution in [1.29, 1.82) is 0 Å². The van der Waals surface area contributed by atoms with Crippen LogP contribution in [0.3, 0.4) is 0 Å². The SMILES string of the molecule is COc1ccc(Cl)cc1Nc1ncccc1C(N)=S. The largest absolute Gasteiger partial charge is 0.495 e.